The van der Waals surface area contributed by atoms with E-state index in [9.17, 15) is 4.79 Å². The zero-order chi connectivity index (χ0) is 10.7. The number of carbonyl (C=O) groups is 1. The number of halogens is 2. The number of rotatable bonds is 3. The quantitative estimate of drug-likeness (QED) is 0.846. The number of aryl methyl sites for hydroxylation is 1. The van der Waals surface area contributed by atoms with Gasteiger partial charge in [0.25, 0.3) is 0 Å². The van der Waals surface area contributed by atoms with Crippen molar-refractivity contribution in [2.75, 3.05) is 0 Å². The fraction of sp³-hybridized carbons (Fsp3) is 0.222. The highest BCUT2D eigenvalue weighted by Gasteiger charge is 2.10. The Labute approximate surface area is 90.9 Å². The van der Waals surface area contributed by atoms with Crippen LogP contribution in [0.25, 0.3) is 0 Å². The van der Waals surface area contributed by atoms with Crippen LogP contribution in [-0.2, 0) is 11.2 Å². The molecule has 0 fully saturated rings. The molecule has 0 bridgehead atoms. The normalized spacial score (nSPS) is 10.1. The molecule has 0 aliphatic heterocycles. The molecule has 76 valence electrons. The Morgan fingerprint density at radius 3 is 2.50 bits per heavy atom. The fourth-order valence-corrected chi connectivity index (χ4v) is 1.45. The number of phenolic OH excluding ortho intramolecular Hbond substituents is 1. The minimum Gasteiger partial charge on any atom is -0.506 e. The minimum atomic E-state index is -0.898. The Kier molecular flexibility index (Phi) is 3.61. The smallest absolute Gasteiger partial charge is 0.303 e. The largest absolute Gasteiger partial charge is 0.506 e. The van der Waals surface area contributed by atoms with Crippen molar-refractivity contribution in [3.05, 3.63) is 27.7 Å². The first-order chi connectivity index (χ1) is 6.52. The van der Waals surface area contributed by atoms with E-state index in [2.05, 4.69) is 0 Å². The summed E-state index contributed by atoms with van der Waals surface area (Å²) >= 11 is 11.5. The SMILES string of the molecule is O=C(O)CCc1ccc(O)c(Cl)c1Cl. The van der Waals surface area contributed by atoms with Gasteiger partial charge in [0.15, 0.2) is 0 Å². The van der Waals surface area contributed by atoms with Gasteiger partial charge in [-0.2, -0.15) is 0 Å². The third-order valence-electron chi connectivity index (χ3n) is 1.75. The van der Waals surface area contributed by atoms with Crippen LogP contribution in [0.1, 0.15) is 12.0 Å². The highest BCUT2D eigenvalue weighted by atomic mass is 35.5. The van der Waals surface area contributed by atoms with Crippen LogP contribution in [0.3, 0.4) is 0 Å². The first kappa shape index (κ1) is 11.1. The highest BCUT2D eigenvalue weighted by Crippen LogP contribution is 2.34. The van der Waals surface area contributed by atoms with Crippen molar-refractivity contribution >= 4 is 29.2 Å². The van der Waals surface area contributed by atoms with Gasteiger partial charge in [0.2, 0.25) is 0 Å². The van der Waals surface area contributed by atoms with Gasteiger partial charge in [-0.1, -0.05) is 29.3 Å². The van der Waals surface area contributed by atoms with Crippen LogP contribution in [0.4, 0.5) is 0 Å². The second kappa shape index (κ2) is 4.53. The van der Waals surface area contributed by atoms with E-state index in [1.54, 1.807) is 6.07 Å². The van der Waals surface area contributed by atoms with Crippen molar-refractivity contribution in [2.24, 2.45) is 0 Å². The Morgan fingerprint density at radius 1 is 1.29 bits per heavy atom. The zero-order valence-corrected chi connectivity index (χ0v) is 8.64. The van der Waals surface area contributed by atoms with Gasteiger partial charge in [-0.15, -0.1) is 0 Å². The molecule has 0 saturated heterocycles. The molecular weight excluding hydrogens is 227 g/mol. The Bertz CT molecular complexity index is 363. The monoisotopic (exact) mass is 234 g/mol. The lowest BCUT2D eigenvalue weighted by Gasteiger charge is -2.05. The van der Waals surface area contributed by atoms with Gasteiger partial charge in [-0.3, -0.25) is 4.79 Å². The molecule has 1 rings (SSSR count). The highest BCUT2D eigenvalue weighted by molar-refractivity contribution is 6.43. The summed E-state index contributed by atoms with van der Waals surface area (Å²) < 4.78 is 0. The van der Waals surface area contributed by atoms with Crippen molar-refractivity contribution in [3.8, 4) is 5.75 Å². The summed E-state index contributed by atoms with van der Waals surface area (Å²) in [7, 11) is 0. The standard InChI is InChI=1S/C9H8Cl2O3/c10-8-5(2-4-7(13)14)1-3-6(12)9(8)11/h1,3,12H,2,4H2,(H,13,14). The molecule has 0 atom stereocenters. The lowest BCUT2D eigenvalue weighted by atomic mass is 10.1. The fourth-order valence-electron chi connectivity index (χ4n) is 1.01. The predicted octanol–water partition coefficient (Wildman–Crippen LogP) is 2.72. The number of carboxylic acid groups (broad SMARTS) is 1. The Balaban J connectivity index is 2.88. The van der Waals surface area contributed by atoms with Crippen molar-refractivity contribution in [2.45, 2.75) is 12.8 Å². The average Bonchev–Trinajstić information content (AvgIpc) is 2.13. The molecule has 0 amide bonds. The summed E-state index contributed by atoms with van der Waals surface area (Å²) in [6.45, 7) is 0. The first-order valence-electron chi connectivity index (χ1n) is 3.90. The van der Waals surface area contributed by atoms with Crippen LogP contribution in [0.5, 0.6) is 5.75 Å². The summed E-state index contributed by atoms with van der Waals surface area (Å²) in [5.74, 6) is -0.999. The lowest BCUT2D eigenvalue weighted by Crippen LogP contribution is -1.98. The maximum absolute atomic E-state index is 10.3. The number of hydrogen-bond donors (Lipinski definition) is 2. The third kappa shape index (κ3) is 2.53. The van der Waals surface area contributed by atoms with E-state index in [1.165, 1.54) is 6.07 Å². The number of benzene rings is 1. The van der Waals surface area contributed by atoms with Gasteiger partial charge in [0.05, 0.1) is 5.02 Å². The maximum atomic E-state index is 10.3. The van der Waals surface area contributed by atoms with E-state index >= 15 is 0 Å². The summed E-state index contributed by atoms with van der Waals surface area (Å²) in [6.07, 6.45) is 0.287. The van der Waals surface area contributed by atoms with E-state index in [-0.39, 0.29) is 22.2 Å². The Morgan fingerprint density at radius 2 is 1.93 bits per heavy atom. The van der Waals surface area contributed by atoms with Crippen LogP contribution in [0.2, 0.25) is 10.0 Å². The van der Waals surface area contributed by atoms with Crippen LogP contribution < -0.4 is 0 Å². The van der Waals surface area contributed by atoms with Crippen LogP contribution >= 0.6 is 23.2 Å². The summed E-state index contributed by atoms with van der Waals surface area (Å²) in [5, 5.41) is 17.9. The molecule has 0 aromatic heterocycles. The lowest BCUT2D eigenvalue weighted by molar-refractivity contribution is -0.136. The number of carboxylic acids is 1. The second-order valence-corrected chi connectivity index (χ2v) is 3.52. The molecule has 0 heterocycles. The molecule has 0 aliphatic carbocycles. The van der Waals surface area contributed by atoms with Gasteiger partial charge in [0.1, 0.15) is 10.8 Å². The molecule has 14 heavy (non-hydrogen) atoms. The van der Waals surface area contributed by atoms with E-state index in [4.69, 9.17) is 33.4 Å². The summed E-state index contributed by atoms with van der Waals surface area (Å²) in [5.41, 5.74) is 0.622. The molecule has 0 radical (unpaired) electrons. The maximum Gasteiger partial charge on any atom is 0.303 e. The topological polar surface area (TPSA) is 57.5 Å². The molecule has 0 spiro atoms. The van der Waals surface area contributed by atoms with Gasteiger partial charge in [-0.05, 0) is 18.1 Å². The van der Waals surface area contributed by atoms with Gasteiger partial charge < -0.3 is 10.2 Å². The minimum absolute atomic E-state index is 0.0131. The van der Waals surface area contributed by atoms with Crippen molar-refractivity contribution in [1.82, 2.24) is 0 Å². The molecular formula is C9H8Cl2O3. The third-order valence-corrected chi connectivity index (χ3v) is 2.66. The molecule has 1 aromatic carbocycles. The molecule has 1 aromatic rings. The van der Waals surface area contributed by atoms with Gasteiger partial charge in [-0.25, -0.2) is 0 Å². The second-order valence-electron chi connectivity index (χ2n) is 2.77. The van der Waals surface area contributed by atoms with Crippen molar-refractivity contribution in [3.63, 3.8) is 0 Å². The molecule has 2 N–H and O–H groups in total. The molecule has 0 unspecified atom stereocenters. The van der Waals surface area contributed by atoms with Crippen molar-refractivity contribution < 1.29 is 15.0 Å². The summed E-state index contributed by atoms with van der Waals surface area (Å²) in [4.78, 5) is 10.3. The zero-order valence-electron chi connectivity index (χ0n) is 7.13. The number of aromatic hydroxyl groups is 1. The first-order valence-corrected chi connectivity index (χ1v) is 4.65. The van der Waals surface area contributed by atoms with Crippen LogP contribution in [-0.4, -0.2) is 16.2 Å². The number of hydrogen-bond acceptors (Lipinski definition) is 2. The van der Waals surface area contributed by atoms with E-state index in [0.29, 0.717) is 12.0 Å². The molecule has 3 nitrogen and oxygen atoms in total. The van der Waals surface area contributed by atoms with E-state index in [0.717, 1.165) is 0 Å². The van der Waals surface area contributed by atoms with Crippen LogP contribution in [0.15, 0.2) is 12.1 Å². The molecule has 0 aliphatic rings. The summed E-state index contributed by atoms with van der Waals surface area (Å²) in [6, 6.07) is 2.96. The van der Waals surface area contributed by atoms with Crippen molar-refractivity contribution in [1.29, 1.82) is 0 Å². The van der Waals surface area contributed by atoms with E-state index < -0.39 is 5.97 Å². The van der Waals surface area contributed by atoms with E-state index in [1.807, 2.05) is 0 Å². The predicted molar refractivity (Wildman–Crippen MR) is 54.1 cm³/mol. The van der Waals surface area contributed by atoms with Gasteiger partial charge >= 0.3 is 5.97 Å². The molecule has 0 saturated carbocycles. The van der Waals surface area contributed by atoms with Crippen LogP contribution in [0, 0.1) is 0 Å². The Hall–Kier alpha value is -0.930. The number of aliphatic carboxylic acids is 1. The number of phenols is 1. The van der Waals surface area contributed by atoms with Gasteiger partial charge in [0, 0.05) is 6.42 Å². The average molecular weight is 235 g/mol. The molecule has 5 heteroatoms.